The summed E-state index contributed by atoms with van der Waals surface area (Å²) in [6.07, 6.45) is 3.42. The molecule has 1 saturated heterocycles. The fourth-order valence-electron chi connectivity index (χ4n) is 3.85. The van der Waals surface area contributed by atoms with Gasteiger partial charge in [0.1, 0.15) is 23.8 Å². The number of hydrogen-bond donors (Lipinski definition) is 1. The molecule has 1 fully saturated rings. The van der Waals surface area contributed by atoms with Crippen molar-refractivity contribution >= 4 is 40.9 Å². The largest absolute Gasteiger partial charge is 0.493 e. The third-order valence-corrected chi connectivity index (χ3v) is 5.80. The zero-order chi connectivity index (χ0) is 26.5. The molecule has 0 unspecified atom stereocenters. The molecule has 188 valence electrons. The van der Waals surface area contributed by atoms with E-state index in [1.54, 1.807) is 36.4 Å². The van der Waals surface area contributed by atoms with Crippen molar-refractivity contribution in [1.29, 1.82) is 0 Å². The van der Waals surface area contributed by atoms with Crippen LogP contribution in [0.3, 0.4) is 0 Å². The minimum atomic E-state index is -0.769. The highest BCUT2D eigenvalue weighted by atomic mass is 32.1. The number of thiocarbonyl (C=S) groups is 1. The van der Waals surface area contributed by atoms with Gasteiger partial charge in [0.25, 0.3) is 11.8 Å². The number of rotatable bonds is 8. The number of nitrogens with zero attached hydrogens (tertiary/aromatic N) is 1. The average molecular weight is 521 g/mol. The van der Waals surface area contributed by atoms with Crippen LogP contribution in [0.2, 0.25) is 0 Å². The van der Waals surface area contributed by atoms with Gasteiger partial charge < -0.3 is 9.47 Å². The lowest BCUT2D eigenvalue weighted by atomic mass is 10.0. The molecule has 3 aromatic carbocycles. The predicted octanol–water partition coefficient (Wildman–Crippen LogP) is 5.11. The van der Waals surface area contributed by atoms with Crippen molar-refractivity contribution in [2.45, 2.75) is 13.0 Å². The number of halogens is 2. The molecule has 0 aromatic heterocycles. The Labute approximate surface area is 217 Å². The molecule has 6 nitrogen and oxygen atoms in total. The Bertz CT molecular complexity index is 1440. The summed E-state index contributed by atoms with van der Waals surface area (Å²) in [5.41, 5.74) is 1.45. The number of anilines is 1. The van der Waals surface area contributed by atoms with E-state index in [0.717, 1.165) is 4.90 Å². The van der Waals surface area contributed by atoms with Gasteiger partial charge in [0.05, 0.1) is 12.8 Å². The summed E-state index contributed by atoms with van der Waals surface area (Å²) in [6.45, 7) is 3.87. The summed E-state index contributed by atoms with van der Waals surface area (Å²) in [5.74, 6) is -1.76. The standard InChI is InChI=1S/C28H22F2N2O4S/c1-3-7-19-12-18(15-24(35-2)25(19)36-16-17-8-6-9-20(29)13-17)14-21-26(33)31-28(37)32(27(21)34)23-11-5-4-10-22(23)30/h3-6,8-15H,1,7,16H2,2H3,(H,31,33,37)/b21-14+. The molecule has 4 rings (SSSR count). The maximum atomic E-state index is 14.4. The quantitative estimate of drug-likeness (QED) is 0.194. The van der Waals surface area contributed by atoms with Crippen molar-refractivity contribution in [3.63, 3.8) is 0 Å². The van der Waals surface area contributed by atoms with Crippen molar-refractivity contribution in [2.75, 3.05) is 12.0 Å². The summed E-state index contributed by atoms with van der Waals surface area (Å²) in [7, 11) is 1.45. The number of ether oxygens (including phenoxy) is 2. The number of benzene rings is 3. The third kappa shape index (κ3) is 5.57. The van der Waals surface area contributed by atoms with E-state index < -0.39 is 17.6 Å². The van der Waals surface area contributed by atoms with E-state index in [9.17, 15) is 18.4 Å². The number of carbonyl (C=O) groups excluding carboxylic acids is 2. The molecule has 1 aliphatic heterocycles. The first-order chi connectivity index (χ1) is 17.8. The van der Waals surface area contributed by atoms with E-state index in [1.165, 1.54) is 43.5 Å². The van der Waals surface area contributed by atoms with Crippen LogP contribution in [-0.2, 0) is 22.6 Å². The molecule has 1 aliphatic rings. The number of para-hydroxylation sites is 1. The highest BCUT2D eigenvalue weighted by molar-refractivity contribution is 7.80. The van der Waals surface area contributed by atoms with Crippen LogP contribution < -0.4 is 19.7 Å². The van der Waals surface area contributed by atoms with Crippen LogP contribution >= 0.6 is 12.2 Å². The molecule has 3 aromatic rings. The second-order valence-electron chi connectivity index (χ2n) is 8.03. The minimum absolute atomic E-state index is 0.0746. The topological polar surface area (TPSA) is 67.9 Å². The molecule has 37 heavy (non-hydrogen) atoms. The molecule has 9 heteroatoms. The zero-order valence-corrected chi connectivity index (χ0v) is 20.6. The van der Waals surface area contributed by atoms with E-state index in [0.29, 0.717) is 34.6 Å². The van der Waals surface area contributed by atoms with Gasteiger partial charge in [-0.3, -0.25) is 14.9 Å². The average Bonchev–Trinajstić information content (AvgIpc) is 2.87. The van der Waals surface area contributed by atoms with Crippen LogP contribution in [0.25, 0.3) is 6.08 Å². The number of hydrogen-bond acceptors (Lipinski definition) is 5. The number of nitrogens with one attached hydrogen (secondary N) is 1. The first-order valence-corrected chi connectivity index (χ1v) is 11.6. The van der Waals surface area contributed by atoms with Gasteiger partial charge in [0.15, 0.2) is 16.6 Å². The summed E-state index contributed by atoms with van der Waals surface area (Å²) < 4.78 is 39.5. The monoisotopic (exact) mass is 520 g/mol. The van der Waals surface area contributed by atoms with Gasteiger partial charge in [0.2, 0.25) is 0 Å². The lowest BCUT2D eigenvalue weighted by Crippen LogP contribution is -2.54. The molecule has 1 N–H and O–H groups in total. The van der Waals surface area contributed by atoms with E-state index in [2.05, 4.69) is 11.9 Å². The second-order valence-corrected chi connectivity index (χ2v) is 8.42. The van der Waals surface area contributed by atoms with Crippen LogP contribution in [0.5, 0.6) is 11.5 Å². The fourth-order valence-corrected chi connectivity index (χ4v) is 4.12. The number of carbonyl (C=O) groups is 2. The van der Waals surface area contributed by atoms with Gasteiger partial charge in [-0.25, -0.2) is 13.7 Å². The number of methoxy groups -OCH3 is 1. The Kier molecular flexibility index (Phi) is 7.74. The smallest absolute Gasteiger partial charge is 0.270 e. The fraction of sp³-hybridized carbons (Fsp3) is 0.107. The van der Waals surface area contributed by atoms with Gasteiger partial charge in [-0.15, -0.1) is 6.58 Å². The molecule has 0 radical (unpaired) electrons. The second kappa shape index (κ2) is 11.1. The Morgan fingerprint density at radius 2 is 1.86 bits per heavy atom. The van der Waals surface area contributed by atoms with E-state index in [4.69, 9.17) is 21.7 Å². The lowest BCUT2D eigenvalue weighted by molar-refractivity contribution is -0.122. The molecular weight excluding hydrogens is 498 g/mol. The number of allylic oxidation sites excluding steroid dienone is 1. The Morgan fingerprint density at radius 1 is 1.08 bits per heavy atom. The molecule has 0 saturated carbocycles. The SMILES string of the molecule is C=CCc1cc(/C=C2\C(=O)NC(=S)N(c3ccccc3F)C2=O)cc(OC)c1OCc1cccc(F)c1. The van der Waals surface area contributed by atoms with Crippen molar-refractivity contribution in [1.82, 2.24) is 5.32 Å². The highest BCUT2D eigenvalue weighted by Crippen LogP contribution is 2.35. The van der Waals surface area contributed by atoms with Crippen molar-refractivity contribution in [3.8, 4) is 11.5 Å². The van der Waals surface area contributed by atoms with Crippen LogP contribution in [0, 0.1) is 11.6 Å². The van der Waals surface area contributed by atoms with E-state index >= 15 is 0 Å². The Hall–Kier alpha value is -4.37. The first kappa shape index (κ1) is 25.7. The van der Waals surface area contributed by atoms with E-state index in [1.807, 2.05) is 0 Å². The molecule has 0 spiro atoms. The summed E-state index contributed by atoms with van der Waals surface area (Å²) in [5, 5.41) is 2.22. The molecule has 2 amide bonds. The zero-order valence-electron chi connectivity index (χ0n) is 19.8. The Morgan fingerprint density at radius 3 is 2.57 bits per heavy atom. The molecular formula is C28H22F2N2O4S. The van der Waals surface area contributed by atoms with Crippen LogP contribution in [-0.4, -0.2) is 24.0 Å². The summed E-state index contributed by atoms with van der Waals surface area (Å²) in [6, 6.07) is 15.0. The van der Waals surface area contributed by atoms with Gasteiger partial charge in [-0.05, 0) is 72.2 Å². The lowest BCUT2D eigenvalue weighted by Gasteiger charge is -2.29. The van der Waals surface area contributed by atoms with Gasteiger partial charge >= 0.3 is 0 Å². The van der Waals surface area contributed by atoms with Gasteiger partial charge in [-0.2, -0.15) is 0 Å². The van der Waals surface area contributed by atoms with Crippen LogP contribution in [0.1, 0.15) is 16.7 Å². The first-order valence-electron chi connectivity index (χ1n) is 11.2. The minimum Gasteiger partial charge on any atom is -0.493 e. The van der Waals surface area contributed by atoms with Gasteiger partial charge in [-0.1, -0.05) is 30.3 Å². The van der Waals surface area contributed by atoms with Crippen LogP contribution in [0.15, 0.2) is 78.9 Å². The van der Waals surface area contributed by atoms with Crippen LogP contribution in [0.4, 0.5) is 14.5 Å². The number of amides is 2. The van der Waals surface area contributed by atoms with E-state index in [-0.39, 0.29) is 28.8 Å². The van der Waals surface area contributed by atoms with Crippen molar-refractivity contribution < 1.29 is 27.8 Å². The van der Waals surface area contributed by atoms with Crippen molar-refractivity contribution in [3.05, 3.63) is 107 Å². The summed E-state index contributed by atoms with van der Waals surface area (Å²) in [4.78, 5) is 26.9. The predicted molar refractivity (Wildman–Crippen MR) is 140 cm³/mol. The molecule has 0 aliphatic carbocycles. The third-order valence-electron chi connectivity index (χ3n) is 5.52. The molecule has 1 heterocycles. The maximum Gasteiger partial charge on any atom is 0.270 e. The Balaban J connectivity index is 1.71. The molecule has 0 bridgehead atoms. The maximum absolute atomic E-state index is 14.4. The van der Waals surface area contributed by atoms with Crippen molar-refractivity contribution in [2.24, 2.45) is 0 Å². The molecule has 0 atom stereocenters. The normalized spacial score (nSPS) is 14.5. The summed E-state index contributed by atoms with van der Waals surface area (Å²) >= 11 is 5.14. The highest BCUT2D eigenvalue weighted by Gasteiger charge is 2.35. The van der Waals surface area contributed by atoms with Gasteiger partial charge in [0, 0.05) is 5.56 Å².